The van der Waals surface area contributed by atoms with Crippen molar-refractivity contribution >= 4 is 29.1 Å². The van der Waals surface area contributed by atoms with Gasteiger partial charge in [0.1, 0.15) is 0 Å². The highest BCUT2D eigenvalue weighted by Crippen LogP contribution is 2.22. The summed E-state index contributed by atoms with van der Waals surface area (Å²) in [6, 6.07) is 15.7. The van der Waals surface area contributed by atoms with Gasteiger partial charge in [0.25, 0.3) is 0 Å². The lowest BCUT2D eigenvalue weighted by atomic mass is 10.1. The molecular formula is C18H19ClOS. The molecule has 0 aliphatic rings. The standard InChI is InChI=1S/C18H19ClOS/c1-3-14-4-8-16(9-5-14)18(20)13(2)21-12-15-6-10-17(19)11-7-15/h4-11,13H,3,12H2,1-2H3. The number of hydrogen-bond donors (Lipinski definition) is 0. The molecule has 0 spiro atoms. The Morgan fingerprint density at radius 3 is 2.19 bits per heavy atom. The summed E-state index contributed by atoms with van der Waals surface area (Å²) in [6.07, 6.45) is 0.995. The fourth-order valence-corrected chi connectivity index (χ4v) is 3.07. The highest BCUT2D eigenvalue weighted by atomic mass is 35.5. The van der Waals surface area contributed by atoms with Gasteiger partial charge in [-0.2, -0.15) is 0 Å². The first-order valence-corrected chi connectivity index (χ1v) is 8.52. The minimum atomic E-state index is -0.0480. The predicted octanol–water partition coefficient (Wildman–Crippen LogP) is 5.41. The molecule has 0 heterocycles. The van der Waals surface area contributed by atoms with E-state index in [2.05, 4.69) is 6.92 Å². The van der Waals surface area contributed by atoms with Gasteiger partial charge in [0.2, 0.25) is 0 Å². The van der Waals surface area contributed by atoms with E-state index in [1.165, 1.54) is 11.1 Å². The number of rotatable bonds is 6. The molecule has 0 aromatic heterocycles. The molecule has 3 heteroatoms. The lowest BCUT2D eigenvalue weighted by molar-refractivity contribution is 0.0994. The molecule has 0 radical (unpaired) electrons. The van der Waals surface area contributed by atoms with Gasteiger partial charge in [-0.3, -0.25) is 4.79 Å². The lowest BCUT2D eigenvalue weighted by Crippen LogP contribution is -2.13. The highest BCUT2D eigenvalue weighted by molar-refractivity contribution is 7.99. The van der Waals surface area contributed by atoms with Gasteiger partial charge >= 0.3 is 0 Å². The van der Waals surface area contributed by atoms with Crippen LogP contribution in [0.2, 0.25) is 5.02 Å². The summed E-state index contributed by atoms with van der Waals surface area (Å²) in [6.45, 7) is 4.08. The normalized spacial score (nSPS) is 12.1. The zero-order valence-electron chi connectivity index (χ0n) is 12.3. The molecule has 1 nitrogen and oxygen atoms in total. The summed E-state index contributed by atoms with van der Waals surface area (Å²) >= 11 is 7.52. The van der Waals surface area contributed by atoms with Gasteiger partial charge in [0.15, 0.2) is 5.78 Å². The molecule has 2 rings (SSSR count). The van der Waals surface area contributed by atoms with Crippen LogP contribution in [-0.2, 0) is 12.2 Å². The van der Waals surface area contributed by atoms with E-state index in [1.54, 1.807) is 11.8 Å². The summed E-state index contributed by atoms with van der Waals surface area (Å²) in [5.74, 6) is 1.01. The first kappa shape index (κ1) is 16.1. The molecule has 0 fully saturated rings. The second kappa shape index (κ2) is 7.67. The van der Waals surface area contributed by atoms with Crippen molar-refractivity contribution in [1.82, 2.24) is 0 Å². The Kier molecular flexibility index (Phi) is 5.89. The minimum Gasteiger partial charge on any atom is -0.293 e. The Bertz CT molecular complexity index is 590. The van der Waals surface area contributed by atoms with Gasteiger partial charge in [-0.15, -0.1) is 11.8 Å². The first-order valence-electron chi connectivity index (χ1n) is 7.09. The quantitative estimate of drug-likeness (QED) is 0.663. The molecule has 0 amide bonds. The van der Waals surface area contributed by atoms with E-state index in [9.17, 15) is 4.79 Å². The van der Waals surface area contributed by atoms with Crippen molar-refractivity contribution in [3.8, 4) is 0 Å². The number of halogens is 1. The van der Waals surface area contributed by atoms with E-state index >= 15 is 0 Å². The van der Waals surface area contributed by atoms with Crippen LogP contribution in [0.25, 0.3) is 0 Å². The molecule has 0 saturated heterocycles. The fourth-order valence-electron chi connectivity index (χ4n) is 2.02. The largest absolute Gasteiger partial charge is 0.293 e. The number of hydrogen-bond acceptors (Lipinski definition) is 2. The third-order valence-corrected chi connectivity index (χ3v) is 4.90. The molecule has 1 atom stereocenters. The maximum Gasteiger partial charge on any atom is 0.175 e. The first-order chi connectivity index (χ1) is 10.1. The van der Waals surface area contributed by atoms with Crippen LogP contribution in [-0.4, -0.2) is 11.0 Å². The predicted molar refractivity (Wildman–Crippen MR) is 92.4 cm³/mol. The third kappa shape index (κ3) is 4.62. The number of carbonyl (C=O) groups excluding carboxylic acids is 1. The van der Waals surface area contributed by atoms with E-state index in [-0.39, 0.29) is 11.0 Å². The van der Waals surface area contributed by atoms with Gasteiger partial charge in [-0.05, 0) is 36.6 Å². The van der Waals surface area contributed by atoms with Gasteiger partial charge in [-0.1, -0.05) is 54.9 Å². The Morgan fingerprint density at radius 2 is 1.62 bits per heavy atom. The molecular weight excluding hydrogens is 300 g/mol. The number of carbonyl (C=O) groups is 1. The van der Waals surface area contributed by atoms with Crippen LogP contribution in [0, 0.1) is 0 Å². The Morgan fingerprint density at radius 1 is 1.05 bits per heavy atom. The molecule has 2 aromatic carbocycles. The van der Waals surface area contributed by atoms with Crippen molar-refractivity contribution in [3.63, 3.8) is 0 Å². The Hall–Kier alpha value is -1.25. The smallest absolute Gasteiger partial charge is 0.175 e. The molecule has 1 unspecified atom stereocenters. The monoisotopic (exact) mass is 318 g/mol. The summed E-state index contributed by atoms with van der Waals surface area (Å²) in [7, 11) is 0. The Labute approximate surface area is 135 Å². The summed E-state index contributed by atoms with van der Waals surface area (Å²) in [4.78, 5) is 12.4. The average molecular weight is 319 g/mol. The van der Waals surface area contributed by atoms with Gasteiger partial charge < -0.3 is 0 Å². The lowest BCUT2D eigenvalue weighted by Gasteiger charge is -2.11. The molecule has 0 aliphatic heterocycles. The number of benzene rings is 2. The zero-order valence-corrected chi connectivity index (χ0v) is 13.9. The van der Waals surface area contributed by atoms with Gasteiger partial charge in [-0.25, -0.2) is 0 Å². The summed E-state index contributed by atoms with van der Waals surface area (Å²) < 4.78 is 0. The molecule has 0 saturated carbocycles. The van der Waals surface area contributed by atoms with Crippen molar-refractivity contribution in [2.45, 2.75) is 31.3 Å². The Balaban J connectivity index is 1.93. The van der Waals surface area contributed by atoms with E-state index in [0.29, 0.717) is 0 Å². The van der Waals surface area contributed by atoms with Crippen LogP contribution in [0.15, 0.2) is 48.5 Å². The zero-order chi connectivity index (χ0) is 15.2. The SMILES string of the molecule is CCc1ccc(C(=O)C(C)SCc2ccc(Cl)cc2)cc1. The second-order valence-corrected chi connectivity index (χ2v) is 6.76. The summed E-state index contributed by atoms with van der Waals surface area (Å²) in [5.41, 5.74) is 3.24. The van der Waals surface area contributed by atoms with Crippen LogP contribution in [0.1, 0.15) is 35.3 Å². The van der Waals surface area contributed by atoms with Crippen molar-refractivity contribution in [2.75, 3.05) is 0 Å². The molecule has 0 N–H and O–H groups in total. The highest BCUT2D eigenvalue weighted by Gasteiger charge is 2.15. The number of thioether (sulfide) groups is 1. The third-order valence-electron chi connectivity index (χ3n) is 3.43. The molecule has 0 bridgehead atoms. The van der Waals surface area contributed by atoms with Gasteiger partial charge in [0, 0.05) is 16.3 Å². The van der Waals surface area contributed by atoms with E-state index in [0.717, 1.165) is 22.8 Å². The molecule has 110 valence electrons. The maximum atomic E-state index is 12.4. The van der Waals surface area contributed by atoms with Gasteiger partial charge in [0.05, 0.1) is 5.25 Å². The minimum absolute atomic E-state index is 0.0480. The van der Waals surface area contributed by atoms with Crippen LogP contribution in [0.4, 0.5) is 0 Å². The van der Waals surface area contributed by atoms with E-state index < -0.39 is 0 Å². The van der Waals surface area contributed by atoms with Crippen LogP contribution >= 0.6 is 23.4 Å². The molecule has 2 aromatic rings. The summed E-state index contributed by atoms with van der Waals surface area (Å²) in [5, 5.41) is 0.692. The van der Waals surface area contributed by atoms with E-state index in [4.69, 9.17) is 11.6 Å². The van der Waals surface area contributed by atoms with Crippen molar-refractivity contribution in [1.29, 1.82) is 0 Å². The van der Waals surface area contributed by atoms with Crippen LogP contribution in [0.5, 0.6) is 0 Å². The van der Waals surface area contributed by atoms with Crippen LogP contribution in [0.3, 0.4) is 0 Å². The topological polar surface area (TPSA) is 17.1 Å². The number of aryl methyl sites for hydroxylation is 1. The van der Waals surface area contributed by atoms with E-state index in [1.807, 2.05) is 55.5 Å². The molecule has 0 aliphatic carbocycles. The number of ketones is 1. The second-order valence-electron chi connectivity index (χ2n) is 4.99. The van der Waals surface area contributed by atoms with Crippen molar-refractivity contribution in [2.24, 2.45) is 0 Å². The average Bonchev–Trinajstić information content (AvgIpc) is 2.53. The maximum absolute atomic E-state index is 12.4. The van der Waals surface area contributed by atoms with Crippen LogP contribution < -0.4 is 0 Å². The van der Waals surface area contributed by atoms with Crippen molar-refractivity contribution < 1.29 is 4.79 Å². The fraction of sp³-hybridized carbons (Fsp3) is 0.278. The number of Topliss-reactive ketones (excluding diaryl/α,β-unsaturated/α-hetero) is 1. The van der Waals surface area contributed by atoms with Crippen molar-refractivity contribution in [3.05, 3.63) is 70.2 Å². The molecule has 21 heavy (non-hydrogen) atoms.